The minimum Gasteiger partial charge on any atom is -0.508 e. The summed E-state index contributed by atoms with van der Waals surface area (Å²) in [5.74, 6) is -16.9. The maximum absolute atomic E-state index is 16.8. The number of ether oxygens (including phenoxy) is 7. The van der Waals surface area contributed by atoms with Crippen LogP contribution in [0.4, 0.5) is 0 Å². The van der Waals surface area contributed by atoms with E-state index in [1.807, 2.05) is 20.8 Å². The number of imide groups is 1. The maximum atomic E-state index is 16.8. The predicted octanol–water partition coefficient (Wildman–Crippen LogP) is 8.61. The lowest BCUT2D eigenvalue weighted by Gasteiger charge is -2.54. The molecule has 5 aromatic carbocycles. The number of hydrogen-bond acceptors (Lipinski definition) is 26. The first kappa shape index (κ1) is 90.8. The number of amides is 6. The average molecular weight is 1730 g/mol. The largest absolute Gasteiger partial charge is 0.508 e. The fourth-order valence-corrected chi connectivity index (χ4v) is 19.6. The molecule has 15 bridgehead atoms. The molecule has 33 heteroatoms. The van der Waals surface area contributed by atoms with Gasteiger partial charge in [-0.2, -0.15) is 0 Å². The van der Waals surface area contributed by atoms with Gasteiger partial charge in [0.15, 0.2) is 41.2 Å². The molecule has 16 rings (SSSR count). The third-order valence-corrected chi connectivity index (χ3v) is 26.1. The quantitative estimate of drug-likeness (QED) is 0.0288. The number of phenolic OH excluding ortho intramolecular Hbond substituents is 3. The highest BCUT2D eigenvalue weighted by molar-refractivity contribution is 6.32. The molecular weight excluding hydrogens is 1620 g/mol. The summed E-state index contributed by atoms with van der Waals surface area (Å²) in [7, 11) is 0. The number of aromatic hydroxyl groups is 3. The van der Waals surface area contributed by atoms with E-state index in [1.165, 1.54) is 69.3 Å². The Balaban J connectivity index is 1.01. The normalized spacial score (nSPS) is 31.3. The predicted molar refractivity (Wildman–Crippen MR) is 439 cm³/mol. The van der Waals surface area contributed by atoms with Crippen LogP contribution in [0.3, 0.4) is 0 Å². The standard InChI is InChI=1S/C89H110Cl2N6O25/c1-8-10-11-12-19-116-41(6)83(111)93-69(105)32-51-29-61(102)74(96-84(112)44(9-2)20-39(3)4)76(106)46-14-17-64(57(90)27-46)118-66-30-50-31-67(80(66)122-88-81(79(109)78(108)68(38-98)120-88)121-70-37-89(7,92)82(110)40(5)117-70)119-65-18-15-47(28-58(65)91)77(107)75-87(115)95-73(63(104)35-53-48-22-42-21-43(24-48)25-49(53)23-42)56-33-52(99)34-60(101)71(56)55-26-45(13-16-59(55)100)54(86(114)97-75)36-62(103)72(50)94-85(51)113/h13-18,26-28,30-31,33-34,39-44,48-49,51,53-54,68,70,72-79,81-82,88,98-101,106-110H,8-12,19-25,29,32,35-38,92H2,1-7H3,(H,94,113)(H,95,115)(H,96,112)(H,97,114)(H,93,105,111)/t40-,41?,42?,43?,44+,48?,49?,51-,53?,54+,68+,70-,72+,73-,74-,75-,76+,77+,78+,79-,81+,82+,88-,89-/m0/s1. The summed E-state index contributed by atoms with van der Waals surface area (Å²) in [5, 5.41) is 120. The number of aliphatic hydroxyl groups excluding tert-OH is 6. The van der Waals surface area contributed by atoms with Crippen LogP contribution in [0, 0.1) is 47.3 Å². The summed E-state index contributed by atoms with van der Waals surface area (Å²) >= 11 is 14.6. The minimum absolute atomic E-state index is 0.0442. The topological polar surface area (TPSA) is 486 Å². The molecule has 7 aliphatic heterocycles. The van der Waals surface area contributed by atoms with Crippen molar-refractivity contribution in [3.63, 3.8) is 0 Å². The van der Waals surface area contributed by atoms with Crippen molar-refractivity contribution < 1.29 is 122 Å². The second-order valence-corrected chi connectivity index (χ2v) is 35.8. The van der Waals surface area contributed by atoms with Crippen LogP contribution < -0.4 is 46.5 Å². The summed E-state index contributed by atoms with van der Waals surface area (Å²) < 4.78 is 45.0. The molecule has 0 aromatic heterocycles. The lowest BCUT2D eigenvalue weighted by Crippen LogP contribution is -2.64. The molecule has 4 saturated carbocycles. The Hall–Kier alpha value is -8.93. The van der Waals surface area contributed by atoms with Crippen molar-refractivity contribution in [1.29, 1.82) is 0 Å². The van der Waals surface area contributed by atoms with Crippen molar-refractivity contribution >= 4 is 76.0 Å². The summed E-state index contributed by atoms with van der Waals surface area (Å²) in [5.41, 5.74) is 3.59. The highest BCUT2D eigenvalue weighted by atomic mass is 35.5. The summed E-state index contributed by atoms with van der Waals surface area (Å²) in [6.07, 6.45) is -13.5. The van der Waals surface area contributed by atoms with Crippen molar-refractivity contribution in [1.82, 2.24) is 26.6 Å². The van der Waals surface area contributed by atoms with Crippen molar-refractivity contribution in [3.8, 4) is 57.1 Å². The zero-order valence-electron chi connectivity index (χ0n) is 69.0. The van der Waals surface area contributed by atoms with Gasteiger partial charge >= 0.3 is 0 Å². The third kappa shape index (κ3) is 19.9. The SMILES string of the molecule is CCCCCCOC(C)C(=O)NC(=O)C[C@@H]1CC(=O)[C@H](NC(=O)[C@H](CC)CC(C)C)[C@H](O)c2ccc(c(Cl)c2)Oc2cc3cc(c2O[C@@H]2O[C@H](CO)[C@@H](O)[C@H](O)[C@H]2O[C@H]2C[C@](C)(N)[C@H](O)[C@H](C)O2)Oc2ccc(cc2Cl)[C@@H](O)[C@@H]2NC(=O)[C@H](CC(=O)[C@@H]3NC1=O)c1ccc(O)c(c1)-c1c(O)cc(O)cc1[C@@H](C(=O)CC1C3CC4CC(C3)CC1C4)NC2=O. The van der Waals surface area contributed by atoms with E-state index in [1.54, 1.807) is 6.92 Å². The second-order valence-electron chi connectivity index (χ2n) is 35.0. The molecule has 11 aliphatic rings. The fourth-order valence-electron chi connectivity index (χ4n) is 19.1. The van der Waals surface area contributed by atoms with Gasteiger partial charge in [-0.05, 0) is 190 Å². The number of Topliss-reactive ketones (excluding diaryl/α,β-unsaturated/α-hetero) is 3. The summed E-state index contributed by atoms with van der Waals surface area (Å²) in [4.78, 5) is 139. The van der Waals surface area contributed by atoms with Crippen LogP contribution in [0.25, 0.3) is 11.1 Å². The number of aliphatic hydroxyl groups is 6. The fraction of sp³-hybridized carbons (Fsp3) is 0.562. The van der Waals surface area contributed by atoms with Gasteiger partial charge in [0.2, 0.25) is 41.6 Å². The van der Waals surface area contributed by atoms with Crippen LogP contribution in [-0.2, 0) is 62.1 Å². The lowest BCUT2D eigenvalue weighted by atomic mass is 9.51. The van der Waals surface area contributed by atoms with E-state index >= 15 is 28.8 Å². The van der Waals surface area contributed by atoms with Gasteiger partial charge < -0.3 is 106 Å². The number of phenols is 3. The number of nitrogens with one attached hydrogen (secondary N) is 5. The molecule has 660 valence electrons. The number of hydrogen-bond donors (Lipinski definition) is 15. The van der Waals surface area contributed by atoms with E-state index in [9.17, 15) is 60.3 Å². The number of nitrogens with two attached hydrogens (primary N) is 1. The van der Waals surface area contributed by atoms with E-state index in [2.05, 4.69) is 26.6 Å². The molecule has 5 aromatic rings. The Morgan fingerprint density at radius 3 is 1.94 bits per heavy atom. The number of halogens is 2. The number of fused-ring (bicyclic) bond motifs is 15. The van der Waals surface area contributed by atoms with Gasteiger partial charge in [-0.1, -0.05) is 88.4 Å². The molecule has 31 nitrogen and oxygen atoms in total. The monoisotopic (exact) mass is 1730 g/mol. The van der Waals surface area contributed by atoms with Crippen LogP contribution >= 0.6 is 23.2 Å². The molecule has 6 amide bonds. The molecule has 0 spiro atoms. The highest BCUT2D eigenvalue weighted by Crippen LogP contribution is 2.59. The third-order valence-electron chi connectivity index (χ3n) is 25.5. The van der Waals surface area contributed by atoms with Crippen LogP contribution in [0.2, 0.25) is 10.0 Å². The second kappa shape index (κ2) is 38.3. The van der Waals surface area contributed by atoms with E-state index < -0.39 is 228 Å². The van der Waals surface area contributed by atoms with Gasteiger partial charge in [-0.25, -0.2) is 0 Å². The molecule has 16 N–H and O–H groups in total. The number of carbonyl (C=O) groups excluding carboxylic acids is 9. The number of unbranched alkanes of at least 4 members (excludes halogenated alkanes) is 3. The smallest absolute Gasteiger partial charge is 0.255 e. The Morgan fingerprint density at radius 2 is 1.33 bits per heavy atom. The first-order valence-electron chi connectivity index (χ1n) is 42.2. The van der Waals surface area contributed by atoms with Crippen molar-refractivity contribution in [2.75, 3.05) is 13.2 Å². The van der Waals surface area contributed by atoms with E-state index in [4.69, 9.17) is 62.1 Å². The average Bonchev–Trinajstić information content (AvgIpc) is 0.755. The van der Waals surface area contributed by atoms with Crippen LogP contribution in [-0.4, -0.2) is 185 Å². The molecule has 2 saturated heterocycles. The number of benzene rings is 5. The number of rotatable bonds is 22. The van der Waals surface area contributed by atoms with Crippen molar-refractivity contribution in [3.05, 3.63) is 117 Å². The van der Waals surface area contributed by atoms with Crippen molar-refractivity contribution in [2.24, 2.45) is 53.1 Å². The molecule has 7 heterocycles. The van der Waals surface area contributed by atoms with Crippen LogP contribution in [0.5, 0.6) is 46.0 Å². The van der Waals surface area contributed by atoms with Gasteiger partial charge in [0, 0.05) is 67.4 Å². The van der Waals surface area contributed by atoms with Gasteiger partial charge in [-0.15, -0.1) is 0 Å². The Morgan fingerprint density at radius 1 is 0.680 bits per heavy atom. The molecule has 0 radical (unpaired) electrons. The Kier molecular flexibility index (Phi) is 28.5. The zero-order chi connectivity index (χ0) is 87.8. The van der Waals surface area contributed by atoms with Crippen LogP contribution in [0.1, 0.15) is 209 Å². The van der Waals surface area contributed by atoms with Gasteiger partial charge in [-0.3, -0.25) is 48.5 Å². The first-order valence-corrected chi connectivity index (χ1v) is 43.0. The maximum Gasteiger partial charge on any atom is 0.255 e. The first-order chi connectivity index (χ1) is 58.0. The summed E-state index contributed by atoms with van der Waals surface area (Å²) in [6.45, 7) is 11.2. The Labute approximate surface area is 715 Å². The summed E-state index contributed by atoms with van der Waals surface area (Å²) in [6, 6.07) is 7.21. The molecule has 19 atom stereocenters. The molecule has 6 fully saturated rings. The molecular formula is C89H110Cl2N6O25. The van der Waals surface area contributed by atoms with Crippen LogP contribution in [0.15, 0.2) is 78.9 Å². The van der Waals surface area contributed by atoms with E-state index in [-0.39, 0.29) is 110 Å². The van der Waals surface area contributed by atoms with Gasteiger partial charge in [0.25, 0.3) is 5.91 Å². The molecule has 4 aliphatic carbocycles. The van der Waals surface area contributed by atoms with E-state index in [0.717, 1.165) is 81.7 Å². The number of carbonyl (C=O) groups is 9. The highest BCUT2D eigenvalue weighted by Gasteiger charge is 2.53. The minimum atomic E-state index is -2.24. The number of ketones is 3. The lowest BCUT2D eigenvalue weighted by molar-refractivity contribution is -0.333. The zero-order valence-corrected chi connectivity index (χ0v) is 70.5. The van der Waals surface area contributed by atoms with E-state index in [0.29, 0.717) is 24.7 Å². The molecule has 1 unspecified atom stereocenters. The van der Waals surface area contributed by atoms with Gasteiger partial charge in [0.05, 0.1) is 40.7 Å². The molecule has 122 heavy (non-hydrogen) atoms. The Bertz CT molecular complexity index is 4750. The van der Waals surface area contributed by atoms with Gasteiger partial charge in [0.1, 0.15) is 89.5 Å². The van der Waals surface area contributed by atoms with Crippen molar-refractivity contribution in [2.45, 2.75) is 254 Å².